The zero-order valence-electron chi connectivity index (χ0n) is 10.5. The minimum atomic E-state index is -0.201. The molecule has 1 aromatic rings. The lowest BCUT2D eigenvalue weighted by Crippen LogP contribution is -2.11. The molecule has 2 rings (SSSR count). The van der Waals surface area contributed by atoms with E-state index < -0.39 is 0 Å². The molecule has 0 spiro atoms. The van der Waals surface area contributed by atoms with Crippen LogP contribution in [0, 0.1) is 0 Å². The second-order valence-electron chi connectivity index (χ2n) is 4.22. The standard InChI is InChI=1S/C14H18O4/c1-2-17-14(15)8-12-13(18-12)10-16-9-11-6-4-3-5-7-11/h3-7,12-13H,2,8-10H2,1H3/t12-,13-/m0/s1. The molecule has 0 bridgehead atoms. The van der Waals surface area contributed by atoms with Crippen LogP contribution in [0.5, 0.6) is 0 Å². The van der Waals surface area contributed by atoms with E-state index in [4.69, 9.17) is 14.2 Å². The molecule has 0 saturated carbocycles. The largest absolute Gasteiger partial charge is 0.466 e. The predicted octanol–water partition coefficient (Wildman–Crippen LogP) is 1.92. The molecule has 0 amide bonds. The van der Waals surface area contributed by atoms with Crippen molar-refractivity contribution in [2.45, 2.75) is 32.2 Å². The molecule has 4 heteroatoms. The summed E-state index contributed by atoms with van der Waals surface area (Å²) in [5, 5.41) is 0. The fraction of sp³-hybridized carbons (Fsp3) is 0.500. The molecule has 1 fully saturated rings. The van der Waals surface area contributed by atoms with Gasteiger partial charge in [-0.3, -0.25) is 4.79 Å². The first-order chi connectivity index (χ1) is 8.79. The lowest BCUT2D eigenvalue weighted by atomic mass is 10.2. The fourth-order valence-corrected chi connectivity index (χ4v) is 1.76. The van der Waals surface area contributed by atoms with Gasteiger partial charge in [0.2, 0.25) is 0 Å². The van der Waals surface area contributed by atoms with Gasteiger partial charge in [0.1, 0.15) is 6.10 Å². The van der Waals surface area contributed by atoms with Gasteiger partial charge in [0.15, 0.2) is 0 Å². The van der Waals surface area contributed by atoms with Crippen LogP contribution in [0.2, 0.25) is 0 Å². The van der Waals surface area contributed by atoms with E-state index in [1.165, 1.54) is 0 Å². The first-order valence-corrected chi connectivity index (χ1v) is 6.22. The Hall–Kier alpha value is -1.39. The predicted molar refractivity (Wildman–Crippen MR) is 66.0 cm³/mol. The van der Waals surface area contributed by atoms with Gasteiger partial charge in [0.05, 0.1) is 32.3 Å². The van der Waals surface area contributed by atoms with Crippen molar-refractivity contribution in [2.75, 3.05) is 13.2 Å². The molecule has 4 nitrogen and oxygen atoms in total. The van der Waals surface area contributed by atoms with Crippen molar-refractivity contribution in [2.24, 2.45) is 0 Å². The van der Waals surface area contributed by atoms with E-state index in [-0.39, 0.29) is 18.2 Å². The summed E-state index contributed by atoms with van der Waals surface area (Å²) in [6.45, 7) is 3.32. The average Bonchev–Trinajstić information content (AvgIpc) is 3.09. The van der Waals surface area contributed by atoms with Crippen molar-refractivity contribution in [1.82, 2.24) is 0 Å². The molecule has 1 heterocycles. The van der Waals surface area contributed by atoms with Crippen molar-refractivity contribution < 1.29 is 19.0 Å². The Morgan fingerprint density at radius 3 is 2.78 bits per heavy atom. The smallest absolute Gasteiger partial charge is 0.308 e. The summed E-state index contributed by atoms with van der Waals surface area (Å²) in [6, 6.07) is 9.97. The van der Waals surface area contributed by atoms with Crippen LogP contribution in [0.25, 0.3) is 0 Å². The molecule has 0 N–H and O–H groups in total. The summed E-state index contributed by atoms with van der Waals surface area (Å²) in [5.41, 5.74) is 1.14. The molecule has 0 aliphatic carbocycles. The molecule has 0 unspecified atom stereocenters. The highest BCUT2D eigenvalue weighted by Crippen LogP contribution is 2.26. The molecule has 1 aliphatic rings. The van der Waals surface area contributed by atoms with E-state index in [1.54, 1.807) is 6.92 Å². The molecule has 1 aliphatic heterocycles. The maximum atomic E-state index is 11.2. The zero-order valence-corrected chi connectivity index (χ0v) is 10.5. The number of rotatable bonds is 7. The third-order valence-corrected chi connectivity index (χ3v) is 2.75. The Labute approximate surface area is 107 Å². The van der Waals surface area contributed by atoms with Gasteiger partial charge in [-0.15, -0.1) is 0 Å². The maximum absolute atomic E-state index is 11.2. The Kier molecular flexibility index (Phi) is 4.73. The average molecular weight is 250 g/mol. The Balaban J connectivity index is 1.58. The number of hydrogen-bond acceptors (Lipinski definition) is 4. The van der Waals surface area contributed by atoms with Crippen molar-refractivity contribution in [3.8, 4) is 0 Å². The van der Waals surface area contributed by atoms with Crippen LogP contribution in [-0.4, -0.2) is 31.4 Å². The quantitative estimate of drug-likeness (QED) is 0.548. The van der Waals surface area contributed by atoms with E-state index in [2.05, 4.69) is 0 Å². The minimum Gasteiger partial charge on any atom is -0.466 e. The highest BCUT2D eigenvalue weighted by Gasteiger charge is 2.40. The number of ether oxygens (including phenoxy) is 3. The molecule has 98 valence electrons. The van der Waals surface area contributed by atoms with Gasteiger partial charge in [-0.05, 0) is 12.5 Å². The minimum absolute atomic E-state index is 0.0279. The molecule has 0 radical (unpaired) electrons. The summed E-state index contributed by atoms with van der Waals surface area (Å²) < 4.78 is 15.7. The molecule has 1 saturated heterocycles. The van der Waals surface area contributed by atoms with Crippen LogP contribution in [0.4, 0.5) is 0 Å². The topological polar surface area (TPSA) is 48.1 Å². The second-order valence-corrected chi connectivity index (χ2v) is 4.22. The highest BCUT2D eigenvalue weighted by atomic mass is 16.6. The van der Waals surface area contributed by atoms with Gasteiger partial charge in [-0.25, -0.2) is 0 Å². The van der Waals surface area contributed by atoms with Crippen LogP contribution >= 0.6 is 0 Å². The molecule has 1 aromatic carbocycles. The molecule has 18 heavy (non-hydrogen) atoms. The normalized spacial score (nSPS) is 21.6. The first kappa shape index (κ1) is 13.1. The van der Waals surface area contributed by atoms with E-state index in [1.807, 2.05) is 30.3 Å². The van der Waals surface area contributed by atoms with Gasteiger partial charge in [0, 0.05) is 0 Å². The highest BCUT2D eigenvalue weighted by molar-refractivity contribution is 5.70. The number of carbonyl (C=O) groups excluding carboxylic acids is 1. The number of hydrogen-bond donors (Lipinski definition) is 0. The molecular weight excluding hydrogens is 232 g/mol. The van der Waals surface area contributed by atoms with Crippen LogP contribution in [0.3, 0.4) is 0 Å². The van der Waals surface area contributed by atoms with E-state index in [0.29, 0.717) is 26.2 Å². The van der Waals surface area contributed by atoms with Gasteiger partial charge in [-0.1, -0.05) is 30.3 Å². The van der Waals surface area contributed by atoms with Crippen molar-refractivity contribution in [1.29, 1.82) is 0 Å². The Morgan fingerprint density at radius 2 is 2.06 bits per heavy atom. The summed E-state index contributed by atoms with van der Waals surface area (Å²) in [7, 11) is 0. The van der Waals surface area contributed by atoms with Crippen molar-refractivity contribution >= 4 is 5.97 Å². The van der Waals surface area contributed by atoms with Crippen LogP contribution < -0.4 is 0 Å². The first-order valence-electron chi connectivity index (χ1n) is 6.22. The SMILES string of the molecule is CCOC(=O)C[C@@H]1O[C@H]1COCc1ccccc1. The Morgan fingerprint density at radius 1 is 1.28 bits per heavy atom. The van der Waals surface area contributed by atoms with E-state index >= 15 is 0 Å². The third kappa shape index (κ3) is 4.13. The summed E-state index contributed by atoms with van der Waals surface area (Å²) in [4.78, 5) is 11.2. The van der Waals surface area contributed by atoms with E-state index in [9.17, 15) is 4.79 Å². The number of epoxide rings is 1. The maximum Gasteiger partial charge on any atom is 0.308 e. The van der Waals surface area contributed by atoms with Crippen LogP contribution in [0.1, 0.15) is 18.9 Å². The van der Waals surface area contributed by atoms with Gasteiger partial charge in [0.25, 0.3) is 0 Å². The van der Waals surface area contributed by atoms with Crippen molar-refractivity contribution in [3.05, 3.63) is 35.9 Å². The number of benzene rings is 1. The van der Waals surface area contributed by atoms with E-state index in [0.717, 1.165) is 5.56 Å². The van der Waals surface area contributed by atoms with Gasteiger partial charge >= 0.3 is 5.97 Å². The number of carbonyl (C=O) groups is 1. The van der Waals surface area contributed by atoms with Gasteiger partial charge < -0.3 is 14.2 Å². The lowest BCUT2D eigenvalue weighted by molar-refractivity contribution is -0.143. The monoisotopic (exact) mass is 250 g/mol. The zero-order chi connectivity index (χ0) is 12.8. The Bertz CT molecular complexity index is 377. The lowest BCUT2D eigenvalue weighted by Gasteiger charge is -2.02. The summed E-state index contributed by atoms with van der Waals surface area (Å²) in [5.74, 6) is -0.201. The van der Waals surface area contributed by atoms with Crippen LogP contribution in [0.15, 0.2) is 30.3 Å². The van der Waals surface area contributed by atoms with Gasteiger partial charge in [-0.2, -0.15) is 0 Å². The third-order valence-electron chi connectivity index (χ3n) is 2.75. The summed E-state index contributed by atoms with van der Waals surface area (Å²) >= 11 is 0. The second kappa shape index (κ2) is 6.52. The fourth-order valence-electron chi connectivity index (χ4n) is 1.76. The molecule has 2 atom stereocenters. The molecule has 0 aromatic heterocycles. The molecular formula is C14H18O4. The van der Waals surface area contributed by atoms with Crippen molar-refractivity contribution in [3.63, 3.8) is 0 Å². The van der Waals surface area contributed by atoms with Crippen LogP contribution in [-0.2, 0) is 25.6 Å². The summed E-state index contributed by atoms with van der Waals surface area (Å²) in [6.07, 6.45) is 0.339. The number of esters is 1.